The Kier molecular flexibility index (Phi) is 6.42. The fourth-order valence-electron chi connectivity index (χ4n) is 1.81. The highest BCUT2D eigenvalue weighted by Gasteiger charge is 2.19. The molecule has 0 amide bonds. The molecule has 0 bridgehead atoms. The third-order valence-electron chi connectivity index (χ3n) is 2.92. The Morgan fingerprint density at radius 3 is 2.62 bits per heavy atom. The monoisotopic (exact) mass is 229 g/mol. The molecule has 1 aliphatic rings. The van der Waals surface area contributed by atoms with Gasteiger partial charge in [-0.2, -0.15) is 0 Å². The summed E-state index contributed by atoms with van der Waals surface area (Å²) in [6.45, 7) is 2.66. The number of rotatable bonds is 6. The maximum absolute atomic E-state index is 11.3. The van der Waals surface area contributed by atoms with Crippen LogP contribution in [0.5, 0.6) is 0 Å². The molecule has 0 heterocycles. The second kappa shape index (κ2) is 7.63. The van der Waals surface area contributed by atoms with Gasteiger partial charge < -0.3 is 15.2 Å². The minimum absolute atomic E-state index is 0.0869. The summed E-state index contributed by atoms with van der Waals surface area (Å²) in [5, 5.41) is 0. The Bertz CT molecular complexity index is 200. The largest absolute Gasteiger partial charge is 0.464 e. The zero-order valence-corrected chi connectivity index (χ0v) is 10.1. The van der Waals surface area contributed by atoms with Crippen LogP contribution >= 0.6 is 0 Å². The molecule has 0 atom stereocenters. The molecule has 16 heavy (non-hydrogen) atoms. The van der Waals surface area contributed by atoms with E-state index in [2.05, 4.69) is 6.92 Å². The Labute approximate surface area is 97.5 Å². The number of hydrogen-bond donors (Lipinski definition) is 1. The number of nitrogens with two attached hydrogens (primary N) is 1. The number of ether oxygens (including phenoxy) is 2. The van der Waals surface area contributed by atoms with Crippen LogP contribution in [0.25, 0.3) is 0 Å². The molecule has 4 heteroatoms. The molecule has 0 unspecified atom stereocenters. The number of unbranched alkanes of at least 4 members (excludes halogenated alkanes) is 1. The van der Waals surface area contributed by atoms with Gasteiger partial charge >= 0.3 is 5.97 Å². The normalized spacial score (nSPS) is 25.4. The van der Waals surface area contributed by atoms with Crippen molar-refractivity contribution < 1.29 is 14.3 Å². The van der Waals surface area contributed by atoms with Crippen LogP contribution in [0, 0.1) is 0 Å². The van der Waals surface area contributed by atoms with Crippen molar-refractivity contribution in [3.8, 4) is 0 Å². The van der Waals surface area contributed by atoms with Gasteiger partial charge in [0.05, 0.1) is 12.7 Å². The Balaban J connectivity index is 2.03. The molecule has 0 aliphatic heterocycles. The fourth-order valence-corrected chi connectivity index (χ4v) is 1.81. The molecule has 0 spiro atoms. The molecular weight excluding hydrogens is 206 g/mol. The van der Waals surface area contributed by atoms with E-state index >= 15 is 0 Å². The van der Waals surface area contributed by atoms with Gasteiger partial charge in [-0.25, -0.2) is 4.79 Å². The first kappa shape index (κ1) is 13.5. The fraction of sp³-hybridized carbons (Fsp3) is 0.917. The molecular formula is C12H23NO3. The van der Waals surface area contributed by atoms with Gasteiger partial charge in [-0.15, -0.1) is 0 Å². The van der Waals surface area contributed by atoms with Crippen LogP contribution in [0.2, 0.25) is 0 Å². The van der Waals surface area contributed by atoms with E-state index < -0.39 is 0 Å². The van der Waals surface area contributed by atoms with Crippen molar-refractivity contribution in [2.75, 3.05) is 13.2 Å². The average Bonchev–Trinajstić information content (AvgIpc) is 2.29. The molecule has 1 saturated carbocycles. The number of carbonyl (C=O) groups excluding carboxylic acids is 1. The quantitative estimate of drug-likeness (QED) is 0.555. The lowest BCUT2D eigenvalue weighted by molar-refractivity contribution is -0.151. The predicted molar refractivity (Wildman–Crippen MR) is 62.1 cm³/mol. The van der Waals surface area contributed by atoms with Crippen molar-refractivity contribution in [1.82, 2.24) is 0 Å². The lowest BCUT2D eigenvalue weighted by Crippen LogP contribution is -2.31. The summed E-state index contributed by atoms with van der Waals surface area (Å²) >= 11 is 0. The molecule has 1 aliphatic carbocycles. The van der Waals surface area contributed by atoms with Crippen molar-refractivity contribution in [1.29, 1.82) is 0 Å². The van der Waals surface area contributed by atoms with Gasteiger partial charge in [-0.3, -0.25) is 0 Å². The first-order chi connectivity index (χ1) is 7.72. The smallest absolute Gasteiger partial charge is 0.332 e. The number of esters is 1. The Hall–Kier alpha value is -0.610. The molecule has 4 nitrogen and oxygen atoms in total. The summed E-state index contributed by atoms with van der Waals surface area (Å²) in [7, 11) is 0. The summed E-state index contributed by atoms with van der Waals surface area (Å²) in [4.78, 5) is 11.3. The third kappa shape index (κ3) is 5.47. The van der Waals surface area contributed by atoms with Crippen LogP contribution in [0.3, 0.4) is 0 Å². The van der Waals surface area contributed by atoms with Gasteiger partial charge in [0.15, 0.2) is 0 Å². The number of carbonyl (C=O) groups is 1. The standard InChI is InChI=1S/C12H23NO3/c1-2-3-8-15-12(14)9-16-11-6-4-10(13)5-7-11/h10-11H,2-9,13H2,1H3/t10-,11-. The number of hydrogen-bond acceptors (Lipinski definition) is 4. The molecule has 0 aromatic rings. The Morgan fingerprint density at radius 1 is 1.31 bits per heavy atom. The van der Waals surface area contributed by atoms with E-state index in [9.17, 15) is 4.79 Å². The van der Waals surface area contributed by atoms with Gasteiger partial charge in [0.2, 0.25) is 0 Å². The summed E-state index contributed by atoms with van der Waals surface area (Å²) in [6, 6.07) is 0.316. The lowest BCUT2D eigenvalue weighted by Gasteiger charge is -2.25. The van der Waals surface area contributed by atoms with E-state index in [1.807, 2.05) is 0 Å². The highest BCUT2D eigenvalue weighted by molar-refractivity contribution is 5.70. The summed E-state index contributed by atoms with van der Waals surface area (Å²) in [5.41, 5.74) is 5.79. The zero-order chi connectivity index (χ0) is 11.8. The van der Waals surface area contributed by atoms with Crippen LogP contribution in [0.15, 0.2) is 0 Å². The maximum atomic E-state index is 11.3. The van der Waals surface area contributed by atoms with E-state index in [1.54, 1.807) is 0 Å². The van der Waals surface area contributed by atoms with Gasteiger partial charge in [0, 0.05) is 6.04 Å². The van der Waals surface area contributed by atoms with Crippen LogP contribution in [0.4, 0.5) is 0 Å². The highest BCUT2D eigenvalue weighted by Crippen LogP contribution is 2.19. The zero-order valence-electron chi connectivity index (χ0n) is 10.1. The van der Waals surface area contributed by atoms with Crippen LogP contribution in [0.1, 0.15) is 45.4 Å². The lowest BCUT2D eigenvalue weighted by atomic mass is 9.94. The van der Waals surface area contributed by atoms with Crippen molar-refractivity contribution >= 4 is 5.97 Å². The van der Waals surface area contributed by atoms with Crippen LogP contribution in [-0.4, -0.2) is 31.3 Å². The second-order valence-corrected chi connectivity index (χ2v) is 4.42. The second-order valence-electron chi connectivity index (χ2n) is 4.42. The Morgan fingerprint density at radius 2 is 2.00 bits per heavy atom. The third-order valence-corrected chi connectivity index (χ3v) is 2.92. The minimum atomic E-state index is -0.247. The van der Waals surface area contributed by atoms with E-state index in [-0.39, 0.29) is 18.7 Å². The summed E-state index contributed by atoms with van der Waals surface area (Å²) in [6.07, 6.45) is 6.06. The van der Waals surface area contributed by atoms with Gasteiger partial charge in [-0.05, 0) is 32.1 Å². The van der Waals surface area contributed by atoms with Gasteiger partial charge in [0.1, 0.15) is 6.61 Å². The van der Waals surface area contributed by atoms with E-state index in [0.29, 0.717) is 12.6 Å². The SMILES string of the molecule is CCCCOC(=O)CO[C@H]1CC[C@H](N)CC1. The van der Waals surface area contributed by atoms with Gasteiger partial charge in [-0.1, -0.05) is 13.3 Å². The average molecular weight is 229 g/mol. The van der Waals surface area contributed by atoms with Crippen molar-refractivity contribution in [3.63, 3.8) is 0 Å². The molecule has 0 saturated heterocycles. The van der Waals surface area contributed by atoms with Gasteiger partial charge in [0.25, 0.3) is 0 Å². The molecule has 0 aromatic carbocycles. The summed E-state index contributed by atoms with van der Waals surface area (Å²) < 4.78 is 10.5. The molecule has 2 N–H and O–H groups in total. The van der Waals surface area contributed by atoms with Crippen molar-refractivity contribution in [2.45, 2.75) is 57.6 Å². The first-order valence-electron chi connectivity index (χ1n) is 6.25. The first-order valence-corrected chi connectivity index (χ1v) is 6.25. The predicted octanol–water partition coefficient (Wildman–Crippen LogP) is 1.62. The summed E-state index contributed by atoms with van der Waals surface area (Å²) in [5.74, 6) is -0.247. The minimum Gasteiger partial charge on any atom is -0.464 e. The van der Waals surface area contributed by atoms with Crippen LogP contribution in [-0.2, 0) is 14.3 Å². The van der Waals surface area contributed by atoms with Crippen molar-refractivity contribution in [3.05, 3.63) is 0 Å². The highest BCUT2D eigenvalue weighted by atomic mass is 16.6. The van der Waals surface area contributed by atoms with Crippen molar-refractivity contribution in [2.24, 2.45) is 5.73 Å². The van der Waals surface area contributed by atoms with E-state index in [0.717, 1.165) is 38.5 Å². The van der Waals surface area contributed by atoms with E-state index in [1.165, 1.54) is 0 Å². The molecule has 1 rings (SSSR count). The molecule has 0 aromatic heterocycles. The van der Waals surface area contributed by atoms with E-state index in [4.69, 9.17) is 15.2 Å². The maximum Gasteiger partial charge on any atom is 0.332 e. The molecule has 94 valence electrons. The van der Waals surface area contributed by atoms with Crippen LogP contribution < -0.4 is 5.73 Å². The molecule has 0 radical (unpaired) electrons. The topological polar surface area (TPSA) is 61.5 Å². The molecule has 1 fully saturated rings.